The van der Waals surface area contributed by atoms with E-state index in [2.05, 4.69) is 11.1 Å². The summed E-state index contributed by atoms with van der Waals surface area (Å²) in [6.07, 6.45) is 5.09. The quantitative estimate of drug-likeness (QED) is 0.367. The van der Waals surface area contributed by atoms with Crippen LogP contribution in [0.4, 0.5) is 5.69 Å². The van der Waals surface area contributed by atoms with Crippen LogP contribution in [0.15, 0.2) is 28.3 Å². The molecule has 1 amide bonds. The van der Waals surface area contributed by atoms with Gasteiger partial charge in [0.25, 0.3) is 0 Å². The fourth-order valence-corrected chi connectivity index (χ4v) is 2.70. The van der Waals surface area contributed by atoms with Gasteiger partial charge in [-0.2, -0.15) is 0 Å². The van der Waals surface area contributed by atoms with Gasteiger partial charge in [0.2, 0.25) is 5.91 Å². The van der Waals surface area contributed by atoms with Gasteiger partial charge in [0.1, 0.15) is 0 Å². The second kappa shape index (κ2) is 5.81. The van der Waals surface area contributed by atoms with E-state index in [1.165, 1.54) is 0 Å². The van der Waals surface area contributed by atoms with Crippen LogP contribution in [-0.2, 0) is 9.63 Å². The van der Waals surface area contributed by atoms with Gasteiger partial charge in [-0.05, 0) is 19.1 Å². The highest BCUT2D eigenvalue weighted by Crippen LogP contribution is 2.35. The monoisotopic (exact) mass is 274 g/mol. The van der Waals surface area contributed by atoms with Gasteiger partial charge in [0, 0.05) is 17.5 Å². The van der Waals surface area contributed by atoms with E-state index in [9.17, 15) is 4.79 Å². The lowest BCUT2D eigenvalue weighted by Crippen LogP contribution is -2.31. The zero-order chi connectivity index (χ0) is 13.8. The first-order chi connectivity index (χ1) is 9.13. The Morgan fingerprint density at radius 1 is 1.63 bits per heavy atom. The fraction of sp³-hybridized carbons (Fsp3) is 0.286. The van der Waals surface area contributed by atoms with E-state index in [4.69, 9.17) is 11.3 Å². The summed E-state index contributed by atoms with van der Waals surface area (Å²) in [6.45, 7) is 1.99. The Bertz CT molecular complexity index is 575. The van der Waals surface area contributed by atoms with Crippen molar-refractivity contribution in [2.75, 3.05) is 24.3 Å². The number of benzene rings is 1. The van der Waals surface area contributed by atoms with Crippen LogP contribution in [0.3, 0.4) is 0 Å². The SMILES string of the molecule is C#CCON=C(C)c1ccc2c(c1)N(C)C(=O)CS2. The van der Waals surface area contributed by atoms with Crippen LogP contribution in [0.25, 0.3) is 0 Å². The number of amides is 1. The first kappa shape index (κ1) is 13.5. The zero-order valence-electron chi connectivity index (χ0n) is 10.8. The largest absolute Gasteiger partial charge is 0.382 e. The highest BCUT2D eigenvalue weighted by atomic mass is 32.2. The van der Waals surface area contributed by atoms with E-state index in [-0.39, 0.29) is 12.5 Å². The summed E-state index contributed by atoms with van der Waals surface area (Å²) < 4.78 is 0. The number of terminal acetylenes is 1. The molecule has 4 nitrogen and oxygen atoms in total. The molecule has 0 N–H and O–H groups in total. The molecule has 0 spiro atoms. The molecule has 0 bridgehead atoms. The van der Waals surface area contributed by atoms with E-state index in [0.717, 1.165) is 21.9 Å². The summed E-state index contributed by atoms with van der Waals surface area (Å²) in [6, 6.07) is 5.91. The molecule has 19 heavy (non-hydrogen) atoms. The normalized spacial score (nSPS) is 14.9. The maximum Gasteiger partial charge on any atom is 0.237 e. The lowest BCUT2D eigenvalue weighted by molar-refractivity contribution is -0.116. The molecule has 98 valence electrons. The van der Waals surface area contributed by atoms with Crippen molar-refractivity contribution in [1.29, 1.82) is 0 Å². The third kappa shape index (κ3) is 2.91. The van der Waals surface area contributed by atoms with Gasteiger partial charge in [0.15, 0.2) is 6.61 Å². The topological polar surface area (TPSA) is 41.9 Å². The number of hydrogen-bond acceptors (Lipinski definition) is 4. The summed E-state index contributed by atoms with van der Waals surface area (Å²) in [5.41, 5.74) is 2.55. The number of nitrogens with zero attached hydrogens (tertiary/aromatic N) is 2. The van der Waals surface area contributed by atoms with Crippen molar-refractivity contribution in [2.45, 2.75) is 11.8 Å². The molecule has 0 saturated carbocycles. The van der Waals surface area contributed by atoms with Crippen molar-refractivity contribution in [1.82, 2.24) is 0 Å². The second-order valence-corrected chi connectivity index (χ2v) is 5.10. The number of rotatable bonds is 3. The predicted molar refractivity (Wildman–Crippen MR) is 77.6 cm³/mol. The van der Waals surface area contributed by atoms with Gasteiger partial charge in [0.05, 0.1) is 17.2 Å². The molecule has 1 aliphatic heterocycles. The van der Waals surface area contributed by atoms with Gasteiger partial charge in [-0.1, -0.05) is 17.1 Å². The van der Waals surface area contributed by atoms with Crippen LogP contribution >= 0.6 is 11.8 Å². The molecule has 0 atom stereocenters. The minimum atomic E-state index is 0.104. The van der Waals surface area contributed by atoms with Crippen molar-refractivity contribution in [3.8, 4) is 12.3 Å². The first-order valence-corrected chi connectivity index (χ1v) is 6.76. The Morgan fingerprint density at radius 3 is 3.16 bits per heavy atom. The number of thioether (sulfide) groups is 1. The Kier molecular flexibility index (Phi) is 4.13. The molecule has 0 radical (unpaired) electrons. The van der Waals surface area contributed by atoms with E-state index < -0.39 is 0 Å². The molecular formula is C14H14N2O2S. The smallest absolute Gasteiger partial charge is 0.237 e. The van der Waals surface area contributed by atoms with Gasteiger partial charge in [-0.15, -0.1) is 18.2 Å². The van der Waals surface area contributed by atoms with Crippen LogP contribution in [0.2, 0.25) is 0 Å². The lowest BCUT2D eigenvalue weighted by atomic mass is 10.1. The van der Waals surface area contributed by atoms with Crippen molar-refractivity contribution >= 4 is 29.1 Å². The average Bonchev–Trinajstić information content (AvgIpc) is 2.43. The number of carbonyl (C=O) groups is 1. The molecule has 5 heteroatoms. The summed E-state index contributed by atoms with van der Waals surface area (Å²) in [4.78, 5) is 19.4. The molecule has 1 aliphatic rings. The van der Waals surface area contributed by atoms with Crippen LogP contribution in [0.5, 0.6) is 0 Å². The maximum atomic E-state index is 11.7. The third-order valence-corrected chi connectivity index (χ3v) is 3.86. The van der Waals surface area contributed by atoms with Crippen LogP contribution in [0, 0.1) is 12.3 Å². The van der Waals surface area contributed by atoms with E-state index in [0.29, 0.717) is 5.75 Å². The molecule has 1 heterocycles. The summed E-state index contributed by atoms with van der Waals surface area (Å²) in [5.74, 6) is 2.94. The number of fused-ring (bicyclic) bond motifs is 1. The second-order valence-electron chi connectivity index (χ2n) is 4.08. The molecule has 0 saturated heterocycles. The van der Waals surface area contributed by atoms with Crippen molar-refractivity contribution in [3.05, 3.63) is 23.8 Å². The highest BCUT2D eigenvalue weighted by molar-refractivity contribution is 8.00. The summed E-state index contributed by atoms with van der Waals surface area (Å²) in [7, 11) is 1.78. The Labute approximate surface area is 116 Å². The number of oxime groups is 1. The van der Waals surface area contributed by atoms with Crippen LogP contribution in [0.1, 0.15) is 12.5 Å². The molecular weight excluding hydrogens is 260 g/mol. The predicted octanol–water partition coefficient (Wildman–Crippen LogP) is 2.13. The number of carbonyl (C=O) groups excluding carboxylic acids is 1. The molecule has 0 fully saturated rings. The maximum absolute atomic E-state index is 11.7. The minimum absolute atomic E-state index is 0.104. The molecule has 0 aliphatic carbocycles. The summed E-state index contributed by atoms with van der Waals surface area (Å²) in [5, 5.41) is 3.94. The van der Waals surface area contributed by atoms with Gasteiger partial charge < -0.3 is 9.74 Å². The Morgan fingerprint density at radius 2 is 2.42 bits per heavy atom. The van der Waals surface area contributed by atoms with Gasteiger partial charge in [-0.25, -0.2) is 0 Å². The molecule has 1 aromatic rings. The molecule has 0 unspecified atom stereocenters. The van der Waals surface area contributed by atoms with Crippen LogP contribution < -0.4 is 4.90 Å². The van der Waals surface area contributed by atoms with Crippen LogP contribution in [-0.4, -0.2) is 31.0 Å². The number of hydrogen-bond donors (Lipinski definition) is 0. The van der Waals surface area contributed by atoms with E-state index in [1.807, 2.05) is 25.1 Å². The van der Waals surface area contributed by atoms with Gasteiger partial charge in [-0.3, -0.25) is 4.79 Å². The van der Waals surface area contributed by atoms with Crippen molar-refractivity contribution in [3.63, 3.8) is 0 Å². The van der Waals surface area contributed by atoms with Gasteiger partial charge >= 0.3 is 0 Å². The molecule has 0 aromatic heterocycles. The lowest BCUT2D eigenvalue weighted by Gasteiger charge is -2.25. The van der Waals surface area contributed by atoms with E-state index in [1.54, 1.807) is 23.7 Å². The Balaban J connectivity index is 2.28. The number of anilines is 1. The minimum Gasteiger partial charge on any atom is -0.382 e. The first-order valence-electron chi connectivity index (χ1n) is 5.77. The summed E-state index contributed by atoms with van der Waals surface area (Å²) >= 11 is 1.55. The zero-order valence-corrected chi connectivity index (χ0v) is 11.7. The third-order valence-electron chi connectivity index (χ3n) is 2.81. The average molecular weight is 274 g/mol. The van der Waals surface area contributed by atoms with E-state index >= 15 is 0 Å². The highest BCUT2D eigenvalue weighted by Gasteiger charge is 2.21. The fourth-order valence-electron chi connectivity index (χ4n) is 1.72. The molecule has 2 rings (SSSR count). The Hall–Kier alpha value is -1.93. The van der Waals surface area contributed by atoms with Crippen molar-refractivity contribution < 1.29 is 9.63 Å². The molecule has 1 aromatic carbocycles. The van der Waals surface area contributed by atoms with Crippen molar-refractivity contribution in [2.24, 2.45) is 5.16 Å². The standard InChI is InChI=1S/C14H14N2O2S/c1-4-7-18-15-10(2)11-5-6-13-12(8-11)16(3)14(17)9-19-13/h1,5-6,8H,7,9H2,2-3H3.